The van der Waals surface area contributed by atoms with Crippen molar-refractivity contribution in [1.82, 2.24) is 4.98 Å². The average molecular weight is 289 g/mol. The van der Waals surface area contributed by atoms with Crippen molar-refractivity contribution in [1.29, 1.82) is 0 Å². The van der Waals surface area contributed by atoms with Crippen molar-refractivity contribution in [3.8, 4) is 0 Å². The van der Waals surface area contributed by atoms with Crippen LogP contribution in [0, 0.1) is 18.8 Å². The van der Waals surface area contributed by atoms with Crippen LogP contribution in [0.2, 0.25) is 5.02 Å². The van der Waals surface area contributed by atoms with E-state index in [9.17, 15) is 0 Å². The molecule has 2 nitrogen and oxygen atoms in total. The fraction of sp³-hybridized carbons (Fsp3) is 0.471. The number of halogens is 1. The van der Waals surface area contributed by atoms with Crippen molar-refractivity contribution in [2.24, 2.45) is 11.8 Å². The summed E-state index contributed by atoms with van der Waals surface area (Å²) in [6, 6.07) is 8.17. The lowest BCUT2D eigenvalue weighted by Crippen LogP contribution is -2.39. The highest BCUT2D eigenvalue weighted by Crippen LogP contribution is 2.29. The van der Waals surface area contributed by atoms with E-state index >= 15 is 0 Å². The Hall–Kier alpha value is -1.28. The maximum Gasteiger partial charge on any atom is 0.129 e. The van der Waals surface area contributed by atoms with Gasteiger partial charge in [0.1, 0.15) is 5.82 Å². The number of pyridine rings is 1. The first-order valence-corrected chi connectivity index (χ1v) is 7.72. The van der Waals surface area contributed by atoms with Gasteiger partial charge in [-0.3, -0.25) is 0 Å². The first-order valence-electron chi connectivity index (χ1n) is 7.35. The highest BCUT2D eigenvalue weighted by atomic mass is 35.5. The molecule has 3 heteroatoms. The maximum atomic E-state index is 6.10. The lowest BCUT2D eigenvalue weighted by molar-refractivity contribution is 0.355. The molecule has 1 fully saturated rings. The molecule has 20 heavy (non-hydrogen) atoms. The van der Waals surface area contributed by atoms with Gasteiger partial charge in [-0.15, -0.1) is 0 Å². The Balaban J connectivity index is 2.03. The van der Waals surface area contributed by atoms with Crippen molar-refractivity contribution >= 4 is 28.3 Å². The number of hydrogen-bond donors (Lipinski definition) is 0. The lowest BCUT2D eigenvalue weighted by Gasteiger charge is -2.36. The van der Waals surface area contributed by atoms with Crippen molar-refractivity contribution < 1.29 is 0 Å². The monoisotopic (exact) mass is 288 g/mol. The van der Waals surface area contributed by atoms with E-state index in [0.29, 0.717) is 0 Å². The van der Waals surface area contributed by atoms with E-state index in [1.165, 1.54) is 17.4 Å². The molecular formula is C17H21ClN2. The normalized spacial score (nSPS) is 23.3. The van der Waals surface area contributed by atoms with Crippen LogP contribution in [0.3, 0.4) is 0 Å². The van der Waals surface area contributed by atoms with Crippen LogP contribution in [0.25, 0.3) is 10.9 Å². The molecule has 0 N–H and O–H groups in total. The minimum Gasteiger partial charge on any atom is -0.356 e. The fourth-order valence-electron chi connectivity index (χ4n) is 3.37. The molecule has 0 amide bonds. The van der Waals surface area contributed by atoms with Gasteiger partial charge in [-0.1, -0.05) is 31.5 Å². The van der Waals surface area contributed by atoms with Crippen LogP contribution in [-0.2, 0) is 0 Å². The zero-order valence-electron chi connectivity index (χ0n) is 12.4. The molecule has 1 aromatic carbocycles. The molecule has 0 spiro atoms. The molecule has 2 heterocycles. The number of aromatic nitrogens is 1. The molecule has 0 aliphatic carbocycles. The van der Waals surface area contributed by atoms with Gasteiger partial charge < -0.3 is 4.90 Å². The highest BCUT2D eigenvalue weighted by Gasteiger charge is 2.23. The van der Waals surface area contributed by atoms with Crippen LogP contribution in [-0.4, -0.2) is 18.1 Å². The van der Waals surface area contributed by atoms with Crippen molar-refractivity contribution in [2.75, 3.05) is 18.0 Å². The second kappa shape index (κ2) is 5.25. The zero-order chi connectivity index (χ0) is 14.3. The molecule has 0 saturated carbocycles. The predicted octanol–water partition coefficient (Wildman–Crippen LogP) is 4.68. The van der Waals surface area contributed by atoms with Gasteiger partial charge in [-0.2, -0.15) is 0 Å². The van der Waals surface area contributed by atoms with Gasteiger partial charge in [0, 0.05) is 23.5 Å². The van der Waals surface area contributed by atoms with E-state index in [2.05, 4.69) is 37.8 Å². The molecule has 2 atom stereocenters. The molecule has 1 saturated heterocycles. The third kappa shape index (κ3) is 2.62. The first kappa shape index (κ1) is 13.7. The number of fused-ring (bicyclic) bond motifs is 1. The highest BCUT2D eigenvalue weighted by molar-refractivity contribution is 6.31. The SMILES string of the molecule is Cc1cc(N2C[C@H](C)C[C@@H](C)C2)nc2cc(Cl)ccc12. The summed E-state index contributed by atoms with van der Waals surface area (Å²) in [7, 11) is 0. The van der Waals surface area contributed by atoms with E-state index in [1.54, 1.807) is 0 Å². The summed E-state index contributed by atoms with van der Waals surface area (Å²) in [6.45, 7) is 9.00. The van der Waals surface area contributed by atoms with E-state index in [4.69, 9.17) is 16.6 Å². The third-order valence-electron chi connectivity index (χ3n) is 4.16. The third-order valence-corrected chi connectivity index (χ3v) is 4.39. The van der Waals surface area contributed by atoms with Gasteiger partial charge in [0.25, 0.3) is 0 Å². The Morgan fingerprint density at radius 1 is 1.15 bits per heavy atom. The fourth-order valence-corrected chi connectivity index (χ4v) is 3.54. The molecule has 0 bridgehead atoms. The predicted molar refractivity (Wildman–Crippen MR) is 86.6 cm³/mol. The molecule has 106 valence electrons. The van der Waals surface area contributed by atoms with Crippen LogP contribution in [0.1, 0.15) is 25.8 Å². The number of piperidine rings is 1. The van der Waals surface area contributed by atoms with Gasteiger partial charge in [0.2, 0.25) is 0 Å². The second-order valence-electron chi connectivity index (χ2n) is 6.31. The summed E-state index contributed by atoms with van der Waals surface area (Å²) < 4.78 is 0. The first-order chi connectivity index (χ1) is 9.52. The van der Waals surface area contributed by atoms with Gasteiger partial charge in [0.05, 0.1) is 5.52 Å². The largest absolute Gasteiger partial charge is 0.356 e. The Morgan fingerprint density at radius 3 is 2.55 bits per heavy atom. The quantitative estimate of drug-likeness (QED) is 0.757. The van der Waals surface area contributed by atoms with Gasteiger partial charge in [-0.05, 0) is 48.9 Å². The number of benzene rings is 1. The summed E-state index contributed by atoms with van der Waals surface area (Å²) in [6.07, 6.45) is 1.31. The van der Waals surface area contributed by atoms with E-state index < -0.39 is 0 Å². The van der Waals surface area contributed by atoms with Gasteiger partial charge in [-0.25, -0.2) is 4.98 Å². The number of anilines is 1. The molecular weight excluding hydrogens is 268 g/mol. The number of nitrogens with zero attached hydrogens (tertiary/aromatic N) is 2. The minimum atomic E-state index is 0.732. The number of hydrogen-bond acceptors (Lipinski definition) is 2. The Kier molecular flexibility index (Phi) is 3.59. The average Bonchev–Trinajstić information content (AvgIpc) is 2.36. The van der Waals surface area contributed by atoms with Gasteiger partial charge in [0.15, 0.2) is 0 Å². The zero-order valence-corrected chi connectivity index (χ0v) is 13.1. The number of rotatable bonds is 1. The van der Waals surface area contributed by atoms with Crippen LogP contribution in [0.15, 0.2) is 24.3 Å². The Labute approximate surface area is 125 Å². The Bertz CT molecular complexity index is 628. The topological polar surface area (TPSA) is 16.1 Å². The van der Waals surface area contributed by atoms with E-state index in [0.717, 1.165) is 41.3 Å². The second-order valence-corrected chi connectivity index (χ2v) is 6.75. The molecule has 3 rings (SSSR count). The summed E-state index contributed by atoms with van der Waals surface area (Å²) in [4.78, 5) is 7.25. The minimum absolute atomic E-state index is 0.732. The van der Waals surface area contributed by atoms with Gasteiger partial charge >= 0.3 is 0 Å². The molecule has 0 radical (unpaired) electrons. The summed E-state index contributed by atoms with van der Waals surface area (Å²) in [5, 5.41) is 1.94. The molecule has 1 aromatic heterocycles. The van der Waals surface area contributed by atoms with E-state index in [-0.39, 0.29) is 0 Å². The van der Waals surface area contributed by atoms with Crippen molar-refractivity contribution in [2.45, 2.75) is 27.2 Å². The smallest absolute Gasteiger partial charge is 0.129 e. The number of aryl methyl sites for hydroxylation is 1. The lowest BCUT2D eigenvalue weighted by atomic mass is 9.92. The molecule has 2 aromatic rings. The summed E-state index contributed by atoms with van der Waals surface area (Å²) in [5.74, 6) is 2.56. The van der Waals surface area contributed by atoms with Crippen LogP contribution in [0.5, 0.6) is 0 Å². The molecule has 0 unspecified atom stereocenters. The van der Waals surface area contributed by atoms with Crippen LogP contribution < -0.4 is 4.90 Å². The molecule has 1 aliphatic heterocycles. The van der Waals surface area contributed by atoms with Crippen LogP contribution >= 0.6 is 11.6 Å². The maximum absolute atomic E-state index is 6.10. The van der Waals surface area contributed by atoms with Crippen molar-refractivity contribution in [3.63, 3.8) is 0 Å². The summed E-state index contributed by atoms with van der Waals surface area (Å²) >= 11 is 6.10. The molecule has 1 aliphatic rings. The standard InChI is InChI=1S/C17H21ClN2/c1-11-6-12(2)10-20(9-11)17-7-13(3)15-5-4-14(18)8-16(15)19-17/h4-5,7-8,11-12H,6,9-10H2,1-3H3/t11-,12-/m1/s1. The van der Waals surface area contributed by atoms with E-state index in [1.807, 2.05) is 12.1 Å². The Morgan fingerprint density at radius 2 is 1.85 bits per heavy atom. The van der Waals surface area contributed by atoms with Crippen molar-refractivity contribution in [3.05, 3.63) is 34.9 Å². The van der Waals surface area contributed by atoms with Crippen LogP contribution in [0.4, 0.5) is 5.82 Å². The summed E-state index contributed by atoms with van der Waals surface area (Å²) in [5.41, 5.74) is 2.27.